The molecule has 3 aromatic rings. The van der Waals surface area contributed by atoms with E-state index in [0.29, 0.717) is 5.95 Å². The zero-order valence-electron chi connectivity index (χ0n) is 11.2. The predicted molar refractivity (Wildman–Crippen MR) is 75.7 cm³/mol. The summed E-state index contributed by atoms with van der Waals surface area (Å²) in [6.45, 7) is 4.20. The molecule has 0 aliphatic heterocycles. The van der Waals surface area contributed by atoms with E-state index in [0.717, 1.165) is 16.9 Å². The first-order valence-electron chi connectivity index (χ1n) is 6.14. The Hall–Kier alpha value is -2.43. The molecule has 1 N–H and O–H groups in total. The number of nitrogens with zero attached hydrogens (tertiary/aromatic N) is 4. The Morgan fingerprint density at radius 1 is 1.11 bits per heavy atom. The van der Waals surface area contributed by atoms with Crippen molar-refractivity contribution in [2.24, 2.45) is 0 Å². The van der Waals surface area contributed by atoms with Gasteiger partial charge in [0.15, 0.2) is 0 Å². The molecule has 0 aliphatic carbocycles. The van der Waals surface area contributed by atoms with Crippen LogP contribution in [0.2, 0.25) is 0 Å². The normalized spacial score (nSPS) is 10.9. The van der Waals surface area contributed by atoms with Gasteiger partial charge in [0.1, 0.15) is 12.1 Å². The molecule has 0 spiro atoms. The van der Waals surface area contributed by atoms with Crippen molar-refractivity contribution in [3.63, 3.8) is 0 Å². The fraction of sp³-hybridized carbons (Fsp3) is 0.214. The lowest BCUT2D eigenvalue weighted by Gasteiger charge is -2.06. The Morgan fingerprint density at radius 2 is 1.89 bits per heavy atom. The number of nitrogens with one attached hydrogen (secondary N) is 1. The molecule has 2 heterocycles. The molecule has 0 saturated heterocycles. The summed E-state index contributed by atoms with van der Waals surface area (Å²) in [6, 6.07) is 6.11. The molecule has 0 aliphatic rings. The molecular weight excluding hydrogens is 238 g/mol. The van der Waals surface area contributed by atoms with E-state index in [9.17, 15) is 0 Å². The van der Waals surface area contributed by atoms with Gasteiger partial charge in [0, 0.05) is 13.2 Å². The third kappa shape index (κ3) is 1.93. The summed E-state index contributed by atoms with van der Waals surface area (Å²) in [7, 11) is 1.80. The molecule has 2 aromatic heterocycles. The number of hydrogen-bond acceptors (Lipinski definition) is 4. The molecule has 0 fully saturated rings. The Labute approximate surface area is 111 Å². The highest BCUT2D eigenvalue weighted by atomic mass is 15.2. The minimum atomic E-state index is 0.600. The van der Waals surface area contributed by atoms with Gasteiger partial charge < -0.3 is 5.32 Å². The number of rotatable bonds is 2. The summed E-state index contributed by atoms with van der Waals surface area (Å²) < 4.78 is 1.98. The zero-order chi connectivity index (χ0) is 13.4. The van der Waals surface area contributed by atoms with Crippen LogP contribution in [0.25, 0.3) is 16.9 Å². The molecular formula is C14H15N5. The average molecular weight is 253 g/mol. The van der Waals surface area contributed by atoms with Gasteiger partial charge in [-0.05, 0) is 43.2 Å². The van der Waals surface area contributed by atoms with Gasteiger partial charge >= 0.3 is 0 Å². The summed E-state index contributed by atoms with van der Waals surface area (Å²) >= 11 is 0. The smallest absolute Gasteiger partial charge is 0.224 e. The molecule has 1 aromatic carbocycles. The fourth-order valence-electron chi connectivity index (χ4n) is 2.05. The van der Waals surface area contributed by atoms with Crippen LogP contribution in [0.15, 0.2) is 30.7 Å². The standard InChI is InChI=1S/C14H15N5/c1-9-6-11-12(7-10(9)2)19(8-17-11)13-4-5-16-14(15-3)18-13/h4-8H,1-3H3,(H,15,16,18). The molecule has 0 atom stereocenters. The molecule has 0 radical (unpaired) electrons. The number of aryl methyl sites for hydroxylation is 2. The summed E-state index contributed by atoms with van der Waals surface area (Å²) in [5.41, 5.74) is 4.53. The molecule has 0 unspecified atom stereocenters. The van der Waals surface area contributed by atoms with Gasteiger partial charge in [-0.2, -0.15) is 4.98 Å². The third-order valence-corrected chi connectivity index (χ3v) is 3.27. The van der Waals surface area contributed by atoms with Crippen LogP contribution in [0.3, 0.4) is 0 Å². The number of benzene rings is 1. The summed E-state index contributed by atoms with van der Waals surface area (Å²) in [4.78, 5) is 13.0. The lowest BCUT2D eigenvalue weighted by Crippen LogP contribution is -2.01. The van der Waals surface area contributed by atoms with E-state index >= 15 is 0 Å². The van der Waals surface area contributed by atoms with Crippen molar-refractivity contribution < 1.29 is 0 Å². The Kier molecular flexibility index (Phi) is 2.67. The molecule has 0 bridgehead atoms. The quantitative estimate of drug-likeness (QED) is 0.762. The molecule has 0 saturated carbocycles. The first-order chi connectivity index (χ1) is 9.19. The van der Waals surface area contributed by atoms with E-state index in [1.165, 1.54) is 11.1 Å². The molecule has 19 heavy (non-hydrogen) atoms. The Balaban J connectivity index is 2.22. The first-order valence-corrected chi connectivity index (χ1v) is 6.14. The van der Waals surface area contributed by atoms with Crippen molar-refractivity contribution >= 4 is 17.0 Å². The first kappa shape index (κ1) is 11.6. The van der Waals surface area contributed by atoms with Crippen molar-refractivity contribution in [2.45, 2.75) is 13.8 Å². The average Bonchev–Trinajstić information content (AvgIpc) is 2.82. The largest absolute Gasteiger partial charge is 0.357 e. The summed E-state index contributed by atoms with van der Waals surface area (Å²) in [5, 5.41) is 2.94. The molecule has 5 heteroatoms. The van der Waals surface area contributed by atoms with E-state index in [1.54, 1.807) is 19.6 Å². The number of hydrogen-bond donors (Lipinski definition) is 1. The molecule has 96 valence electrons. The van der Waals surface area contributed by atoms with Crippen molar-refractivity contribution in [3.05, 3.63) is 41.9 Å². The summed E-state index contributed by atoms with van der Waals surface area (Å²) in [5.74, 6) is 1.41. The van der Waals surface area contributed by atoms with Crippen LogP contribution in [0.4, 0.5) is 5.95 Å². The van der Waals surface area contributed by atoms with E-state index in [2.05, 4.69) is 46.2 Å². The van der Waals surface area contributed by atoms with Crippen LogP contribution in [0.5, 0.6) is 0 Å². The minimum absolute atomic E-state index is 0.600. The maximum Gasteiger partial charge on any atom is 0.224 e. The predicted octanol–water partition coefficient (Wildman–Crippen LogP) is 2.47. The topological polar surface area (TPSA) is 55.6 Å². The number of fused-ring (bicyclic) bond motifs is 1. The van der Waals surface area contributed by atoms with Crippen molar-refractivity contribution in [1.82, 2.24) is 19.5 Å². The maximum absolute atomic E-state index is 4.44. The van der Waals surface area contributed by atoms with Gasteiger partial charge in [-0.15, -0.1) is 0 Å². The molecule has 0 amide bonds. The van der Waals surface area contributed by atoms with E-state index in [4.69, 9.17) is 0 Å². The second kappa shape index (κ2) is 4.35. The monoisotopic (exact) mass is 253 g/mol. The van der Waals surface area contributed by atoms with Crippen LogP contribution >= 0.6 is 0 Å². The van der Waals surface area contributed by atoms with Gasteiger partial charge in [0.2, 0.25) is 5.95 Å². The number of anilines is 1. The number of imidazole rings is 1. The van der Waals surface area contributed by atoms with Crippen LogP contribution in [0.1, 0.15) is 11.1 Å². The van der Waals surface area contributed by atoms with Gasteiger partial charge in [-0.3, -0.25) is 4.57 Å². The van der Waals surface area contributed by atoms with Crippen molar-refractivity contribution in [3.8, 4) is 5.82 Å². The zero-order valence-corrected chi connectivity index (χ0v) is 11.2. The van der Waals surface area contributed by atoms with Crippen LogP contribution in [-0.2, 0) is 0 Å². The second-order valence-corrected chi connectivity index (χ2v) is 4.53. The Morgan fingerprint density at radius 3 is 2.68 bits per heavy atom. The minimum Gasteiger partial charge on any atom is -0.357 e. The van der Waals surface area contributed by atoms with Crippen LogP contribution in [-0.4, -0.2) is 26.6 Å². The van der Waals surface area contributed by atoms with Crippen LogP contribution in [0, 0.1) is 13.8 Å². The second-order valence-electron chi connectivity index (χ2n) is 4.53. The van der Waals surface area contributed by atoms with E-state index < -0.39 is 0 Å². The SMILES string of the molecule is CNc1nccc(-n2cnc3cc(C)c(C)cc32)n1. The van der Waals surface area contributed by atoms with Gasteiger partial charge in [-0.1, -0.05) is 0 Å². The lowest BCUT2D eigenvalue weighted by molar-refractivity contribution is 0.995. The van der Waals surface area contributed by atoms with Gasteiger partial charge in [0.05, 0.1) is 11.0 Å². The third-order valence-electron chi connectivity index (χ3n) is 3.27. The van der Waals surface area contributed by atoms with Crippen LogP contribution < -0.4 is 5.32 Å². The highest BCUT2D eigenvalue weighted by molar-refractivity contribution is 5.78. The lowest BCUT2D eigenvalue weighted by atomic mass is 10.1. The fourth-order valence-corrected chi connectivity index (χ4v) is 2.05. The highest BCUT2D eigenvalue weighted by Gasteiger charge is 2.08. The number of aromatic nitrogens is 4. The van der Waals surface area contributed by atoms with Gasteiger partial charge in [-0.25, -0.2) is 9.97 Å². The molecule has 5 nitrogen and oxygen atoms in total. The van der Waals surface area contributed by atoms with Gasteiger partial charge in [0.25, 0.3) is 0 Å². The maximum atomic E-state index is 4.44. The Bertz CT molecular complexity index is 745. The summed E-state index contributed by atoms with van der Waals surface area (Å²) in [6.07, 6.45) is 3.53. The van der Waals surface area contributed by atoms with Crippen molar-refractivity contribution in [2.75, 3.05) is 12.4 Å². The molecule has 3 rings (SSSR count). The highest BCUT2D eigenvalue weighted by Crippen LogP contribution is 2.21. The van der Waals surface area contributed by atoms with E-state index in [1.807, 2.05) is 10.6 Å². The van der Waals surface area contributed by atoms with E-state index in [-0.39, 0.29) is 0 Å². The van der Waals surface area contributed by atoms with Crippen molar-refractivity contribution in [1.29, 1.82) is 0 Å².